The summed E-state index contributed by atoms with van der Waals surface area (Å²) >= 11 is -1.10. The molecule has 176 valence electrons. The van der Waals surface area contributed by atoms with Crippen LogP contribution in [0, 0.1) is 0 Å². The molecule has 0 radical (unpaired) electrons. The van der Waals surface area contributed by atoms with Gasteiger partial charge in [0.15, 0.2) is 16.4 Å². The monoisotopic (exact) mass is 480 g/mol. The van der Waals surface area contributed by atoms with Gasteiger partial charge in [-0.1, -0.05) is 6.07 Å². The minimum absolute atomic E-state index is 0.0191. The number of nitrogens with one attached hydrogen (secondary N) is 1. The van der Waals surface area contributed by atoms with Crippen molar-refractivity contribution < 1.29 is 22.4 Å². The van der Waals surface area contributed by atoms with Gasteiger partial charge >= 0.3 is 0 Å². The van der Waals surface area contributed by atoms with E-state index in [-0.39, 0.29) is 11.0 Å². The number of sulfonamides is 1. The highest BCUT2D eigenvalue weighted by Gasteiger charge is 2.29. The quantitative estimate of drug-likeness (QED) is 0.525. The number of likely N-dealkylation sites (tertiary alicyclic amines) is 1. The molecule has 1 unspecified atom stereocenters. The number of ether oxygens (including phenoxy) is 2. The van der Waals surface area contributed by atoms with Crippen molar-refractivity contribution in [1.29, 1.82) is 0 Å². The Morgan fingerprint density at radius 1 is 1.06 bits per heavy atom. The molecule has 32 heavy (non-hydrogen) atoms. The molecule has 0 aliphatic carbocycles. The van der Waals surface area contributed by atoms with E-state index in [1.54, 1.807) is 45.4 Å². The van der Waals surface area contributed by atoms with Crippen molar-refractivity contribution >= 4 is 26.9 Å². The molecule has 0 saturated carbocycles. The molecule has 2 aromatic carbocycles. The van der Waals surface area contributed by atoms with E-state index in [1.165, 1.54) is 5.56 Å². The Hall–Kier alpha value is -1.94. The molecule has 1 aliphatic heterocycles. The second kappa shape index (κ2) is 11.3. The second-order valence-corrected chi connectivity index (χ2v) is 11.6. The smallest absolute Gasteiger partial charge is 0.232 e. The Labute approximate surface area is 194 Å². The van der Waals surface area contributed by atoms with Crippen LogP contribution in [0.4, 0.5) is 5.69 Å². The largest absolute Gasteiger partial charge is 0.611 e. The molecule has 3 rings (SSSR count). The van der Waals surface area contributed by atoms with Crippen LogP contribution in [0.5, 0.6) is 11.5 Å². The number of hydrogen-bond donors (Lipinski definition) is 1. The highest BCUT2D eigenvalue weighted by Crippen LogP contribution is 2.29. The predicted octanol–water partition coefficient (Wildman–Crippen LogP) is 3.28. The minimum atomic E-state index is -3.31. The lowest BCUT2D eigenvalue weighted by Crippen LogP contribution is -2.40. The molecule has 2 aromatic rings. The molecule has 0 amide bonds. The van der Waals surface area contributed by atoms with Crippen LogP contribution in [0.2, 0.25) is 0 Å². The highest BCUT2D eigenvalue weighted by molar-refractivity contribution is 7.92. The Morgan fingerprint density at radius 3 is 2.31 bits per heavy atom. The summed E-state index contributed by atoms with van der Waals surface area (Å²) in [5.41, 5.74) is 1.70. The van der Waals surface area contributed by atoms with Crippen LogP contribution in [-0.2, 0) is 27.6 Å². The zero-order chi connectivity index (χ0) is 23.1. The van der Waals surface area contributed by atoms with Gasteiger partial charge in [0.2, 0.25) is 10.0 Å². The maximum atomic E-state index is 13.0. The average molecular weight is 481 g/mol. The molecule has 1 saturated heterocycles. The van der Waals surface area contributed by atoms with E-state index in [0.717, 1.165) is 55.3 Å². The molecule has 1 atom stereocenters. The van der Waals surface area contributed by atoms with E-state index in [1.807, 2.05) is 12.1 Å². The molecule has 7 nitrogen and oxygen atoms in total. The van der Waals surface area contributed by atoms with Gasteiger partial charge in [0.1, 0.15) is 5.25 Å². The van der Waals surface area contributed by atoms with Crippen molar-refractivity contribution in [2.75, 3.05) is 44.3 Å². The number of rotatable bonds is 10. The molecule has 9 heteroatoms. The van der Waals surface area contributed by atoms with Gasteiger partial charge in [0, 0.05) is 38.2 Å². The molecule has 0 bridgehead atoms. The third-order valence-electron chi connectivity index (χ3n) is 5.74. The molecule has 0 aromatic heterocycles. The summed E-state index contributed by atoms with van der Waals surface area (Å²) in [6.45, 7) is 4.36. The van der Waals surface area contributed by atoms with Gasteiger partial charge in [0.25, 0.3) is 0 Å². The third kappa shape index (κ3) is 6.54. The van der Waals surface area contributed by atoms with E-state index in [0.29, 0.717) is 5.69 Å². The Balaban J connectivity index is 1.49. The zero-order valence-electron chi connectivity index (χ0n) is 18.9. The van der Waals surface area contributed by atoms with E-state index in [2.05, 4.69) is 15.7 Å². The van der Waals surface area contributed by atoms with Gasteiger partial charge < -0.3 is 18.9 Å². The van der Waals surface area contributed by atoms with Crippen LogP contribution < -0.4 is 14.2 Å². The van der Waals surface area contributed by atoms with Crippen LogP contribution in [0.1, 0.15) is 25.3 Å². The molecule has 1 aliphatic rings. The normalized spacial score (nSPS) is 16.5. The summed E-state index contributed by atoms with van der Waals surface area (Å²) in [4.78, 5) is 3.15. The molecular formula is C23H32N2O5S2. The van der Waals surface area contributed by atoms with E-state index >= 15 is 0 Å². The molecule has 1 heterocycles. The maximum Gasteiger partial charge on any atom is 0.232 e. The van der Waals surface area contributed by atoms with Gasteiger partial charge in [-0.2, -0.15) is 0 Å². The summed E-state index contributed by atoms with van der Waals surface area (Å²) in [7, 11) is -0.0348. The van der Waals surface area contributed by atoms with Crippen molar-refractivity contribution in [1.82, 2.24) is 4.90 Å². The first-order valence-corrected chi connectivity index (χ1v) is 13.7. The van der Waals surface area contributed by atoms with E-state index in [9.17, 15) is 13.0 Å². The molecule has 1 fully saturated rings. The molecule has 1 N–H and O–H groups in total. The first-order valence-electron chi connectivity index (χ1n) is 10.8. The summed E-state index contributed by atoms with van der Waals surface area (Å²) in [6, 6.07) is 12.9. The van der Waals surface area contributed by atoms with Gasteiger partial charge in [-0.15, -0.1) is 0 Å². The molecular weight excluding hydrogens is 448 g/mol. The minimum Gasteiger partial charge on any atom is -0.611 e. The number of methoxy groups -OCH3 is 2. The number of benzene rings is 2. The van der Waals surface area contributed by atoms with Crippen molar-refractivity contribution in [3.8, 4) is 11.5 Å². The lowest BCUT2D eigenvalue weighted by Gasteiger charge is -2.32. The van der Waals surface area contributed by atoms with Crippen LogP contribution >= 0.6 is 0 Å². The van der Waals surface area contributed by atoms with Crippen LogP contribution in [-0.4, -0.2) is 62.7 Å². The third-order valence-corrected chi connectivity index (χ3v) is 8.86. The number of anilines is 1. The summed E-state index contributed by atoms with van der Waals surface area (Å²) < 4.78 is 49.6. The maximum absolute atomic E-state index is 13.0. The lowest BCUT2D eigenvalue weighted by molar-refractivity contribution is 0.232. The van der Waals surface area contributed by atoms with Crippen molar-refractivity contribution in [3.05, 3.63) is 48.0 Å². The first-order chi connectivity index (χ1) is 15.3. The fraction of sp³-hybridized carbons (Fsp3) is 0.478. The molecule has 0 spiro atoms. The van der Waals surface area contributed by atoms with Gasteiger partial charge in [-0.3, -0.25) is 4.72 Å². The number of nitrogens with zero attached hydrogens (tertiary/aromatic N) is 1. The van der Waals surface area contributed by atoms with E-state index < -0.39 is 21.2 Å². The van der Waals surface area contributed by atoms with Crippen molar-refractivity contribution in [2.45, 2.75) is 36.3 Å². The van der Waals surface area contributed by atoms with Gasteiger partial charge in [-0.25, -0.2) is 8.42 Å². The topological polar surface area (TPSA) is 90.9 Å². The van der Waals surface area contributed by atoms with Crippen molar-refractivity contribution in [3.63, 3.8) is 0 Å². The first kappa shape index (κ1) is 24.7. The van der Waals surface area contributed by atoms with E-state index in [4.69, 9.17) is 9.47 Å². The Kier molecular flexibility index (Phi) is 8.70. The summed E-state index contributed by atoms with van der Waals surface area (Å²) in [6.07, 6.45) is 2.68. The lowest BCUT2D eigenvalue weighted by atomic mass is 10.1. The summed E-state index contributed by atoms with van der Waals surface area (Å²) in [5.74, 6) is 1.49. The number of hydrogen-bond acceptors (Lipinski definition) is 6. The predicted molar refractivity (Wildman–Crippen MR) is 129 cm³/mol. The van der Waals surface area contributed by atoms with Crippen LogP contribution in [0.25, 0.3) is 0 Å². The van der Waals surface area contributed by atoms with Gasteiger partial charge in [0.05, 0.1) is 20.0 Å². The summed E-state index contributed by atoms with van der Waals surface area (Å²) in [5, 5.41) is 0.116. The fourth-order valence-electron chi connectivity index (χ4n) is 3.77. The van der Waals surface area contributed by atoms with Gasteiger partial charge in [-0.05, 0) is 66.5 Å². The number of piperidine rings is 1. The standard InChI is InChI=1S/C23H32N2O5S2/c1-4-32(27,28)24-19-6-8-20(9-7-19)31(26)21-12-15-25(16-13-21)14-11-18-5-10-22(29-2)23(17-18)30-3/h5-10,17,21,24H,4,11-16H2,1-3H3. The highest BCUT2D eigenvalue weighted by atomic mass is 32.2. The Morgan fingerprint density at radius 2 is 1.72 bits per heavy atom. The zero-order valence-corrected chi connectivity index (χ0v) is 20.5. The Bertz CT molecular complexity index is 974. The average Bonchev–Trinajstić information content (AvgIpc) is 2.82. The van der Waals surface area contributed by atoms with Crippen molar-refractivity contribution in [2.24, 2.45) is 0 Å². The van der Waals surface area contributed by atoms with Crippen LogP contribution in [0.15, 0.2) is 47.4 Å². The fourth-order valence-corrected chi connectivity index (χ4v) is 5.84. The SMILES string of the molecule is CCS(=O)(=O)Nc1ccc([S+]([O-])C2CCN(CCc3ccc(OC)c(OC)c3)CC2)cc1. The second-order valence-electron chi connectivity index (χ2n) is 7.81. The van der Waals surface area contributed by atoms with Crippen LogP contribution in [0.3, 0.4) is 0 Å².